The number of allylic oxidation sites excluding steroid dienone is 2. The topological polar surface area (TPSA) is 210 Å². The van der Waals surface area contributed by atoms with Gasteiger partial charge in [0.1, 0.15) is 28.8 Å². The van der Waals surface area contributed by atoms with Crippen LogP contribution in [0.25, 0.3) is 11.5 Å². The van der Waals surface area contributed by atoms with Crippen LogP contribution >= 0.6 is 0 Å². The lowest BCUT2D eigenvalue weighted by Crippen LogP contribution is -2.65. The summed E-state index contributed by atoms with van der Waals surface area (Å²) in [5, 5.41) is 77.6. The summed E-state index contributed by atoms with van der Waals surface area (Å²) < 4.78 is 0. The fourth-order valence-electron chi connectivity index (χ4n) is 9.35. The molecule has 0 aliphatic heterocycles. The number of aliphatic hydroxyl groups excluding tert-OH is 4. The summed E-state index contributed by atoms with van der Waals surface area (Å²) in [6.45, 7) is 1.57. The number of rotatable bonds is 0. The van der Waals surface area contributed by atoms with Gasteiger partial charge in [0.05, 0.1) is 57.1 Å². The van der Waals surface area contributed by atoms with Crippen LogP contribution in [0.1, 0.15) is 37.4 Å². The van der Waals surface area contributed by atoms with Crippen molar-refractivity contribution in [2.75, 3.05) is 0 Å². The lowest BCUT2D eigenvalue weighted by molar-refractivity contribution is -0.142. The highest BCUT2D eigenvalue weighted by Gasteiger charge is 2.89. The first kappa shape index (κ1) is 23.4. The molecule has 0 unspecified atom stereocenters. The predicted molar refractivity (Wildman–Crippen MR) is 131 cm³/mol. The molecule has 4 saturated carbocycles. The Balaban J connectivity index is 1.55. The minimum atomic E-state index is -2.36. The van der Waals surface area contributed by atoms with Gasteiger partial charge in [-0.25, -0.2) is 0 Å². The molecule has 11 nitrogen and oxygen atoms in total. The Kier molecular flexibility index (Phi) is 3.78. The zero-order chi connectivity index (χ0) is 28.5. The van der Waals surface area contributed by atoms with E-state index in [4.69, 9.17) is 0 Å². The van der Waals surface area contributed by atoms with E-state index in [0.717, 1.165) is 12.1 Å². The van der Waals surface area contributed by atoms with Crippen molar-refractivity contribution in [1.82, 2.24) is 0 Å². The highest BCUT2D eigenvalue weighted by atomic mass is 16.3. The van der Waals surface area contributed by atoms with Crippen molar-refractivity contribution < 1.29 is 54.9 Å². The van der Waals surface area contributed by atoms with E-state index in [1.807, 2.05) is 0 Å². The monoisotopic (exact) mass is 544 g/mol. The second kappa shape index (κ2) is 6.45. The average molecular weight is 544 g/mol. The summed E-state index contributed by atoms with van der Waals surface area (Å²) in [7, 11) is 0. The van der Waals surface area contributed by atoms with Crippen LogP contribution in [0.15, 0.2) is 35.4 Å². The van der Waals surface area contributed by atoms with Crippen molar-refractivity contribution in [2.24, 2.45) is 34.5 Å². The van der Waals surface area contributed by atoms with Crippen molar-refractivity contribution >= 4 is 34.7 Å². The van der Waals surface area contributed by atoms with Crippen molar-refractivity contribution in [3.63, 3.8) is 0 Å². The molecule has 202 valence electrons. The Hall–Kier alpha value is -4.48. The molecule has 40 heavy (non-hydrogen) atoms. The Morgan fingerprint density at radius 3 is 1.52 bits per heavy atom. The number of phenols is 3. The predicted octanol–water partition coefficient (Wildman–Crippen LogP) is 1.09. The fourth-order valence-corrected chi connectivity index (χ4v) is 9.35. The van der Waals surface area contributed by atoms with Gasteiger partial charge in [0.15, 0.2) is 23.1 Å². The Morgan fingerprint density at radius 1 is 0.625 bits per heavy atom. The minimum absolute atomic E-state index is 0.218. The molecule has 2 aromatic rings. The Bertz CT molecular complexity index is 1680. The van der Waals surface area contributed by atoms with Gasteiger partial charge in [-0.3, -0.25) is 19.2 Å². The zero-order valence-corrected chi connectivity index (χ0v) is 20.5. The second-order valence-corrected chi connectivity index (χ2v) is 11.7. The molecule has 4 bridgehead atoms. The number of Topliss-reactive ketones (excluding diaryl/α,β-unsaturated/α-hetero) is 4. The van der Waals surface area contributed by atoms with Crippen molar-refractivity contribution in [1.29, 1.82) is 0 Å². The molecule has 7 N–H and O–H groups in total. The van der Waals surface area contributed by atoms with E-state index in [2.05, 4.69) is 0 Å². The van der Waals surface area contributed by atoms with E-state index in [-0.39, 0.29) is 11.1 Å². The van der Waals surface area contributed by atoms with Crippen LogP contribution in [0.2, 0.25) is 0 Å². The lowest BCUT2D eigenvalue weighted by atomic mass is 9.46. The van der Waals surface area contributed by atoms with Crippen molar-refractivity contribution in [3.8, 4) is 17.2 Å². The molecule has 6 aliphatic rings. The number of fused-ring (bicyclic) bond motifs is 4. The number of benzene rings is 2. The van der Waals surface area contributed by atoms with Crippen LogP contribution in [0.3, 0.4) is 0 Å². The van der Waals surface area contributed by atoms with E-state index >= 15 is 0 Å². The maximum atomic E-state index is 14.5. The van der Waals surface area contributed by atoms with Gasteiger partial charge in [-0.15, -0.1) is 0 Å². The number of carbonyl (C=O) groups excluding carboxylic acids is 4. The molecule has 6 aliphatic carbocycles. The standard InChI is InChI=1S/C29H20O11/c1-6-2-8-12(10(31)3-6)20(33)16-24(37)19-22(35)14-15-23(36)18(28(14,16)26(8)39)25(38)17-21(34)13-9(27(40)29(15,17)19)4-7(30)5-11(13)32/h2-5,14-15,18-19,22-23,30-36H,1H3/t14-,15+,18-,19+,22-,23-,28+,29-/m0/s1. The Morgan fingerprint density at radius 2 is 1.05 bits per heavy atom. The summed E-state index contributed by atoms with van der Waals surface area (Å²) in [6.07, 6.45) is -3.49. The third kappa shape index (κ3) is 1.93. The van der Waals surface area contributed by atoms with Crippen LogP contribution in [-0.2, 0) is 9.59 Å². The number of ketones is 4. The molecule has 4 fully saturated rings. The summed E-state index contributed by atoms with van der Waals surface area (Å²) >= 11 is 0. The first-order valence-corrected chi connectivity index (χ1v) is 12.7. The van der Waals surface area contributed by atoms with Gasteiger partial charge in [-0.2, -0.15) is 0 Å². The fraction of sp³-hybridized carbons (Fsp3) is 0.310. The molecular weight excluding hydrogens is 524 g/mol. The van der Waals surface area contributed by atoms with Gasteiger partial charge in [0.25, 0.3) is 0 Å². The number of aryl methyl sites for hydroxylation is 1. The molecule has 11 heteroatoms. The SMILES string of the molecule is Cc1cc(O)c2c(c1)C(=O)[C@@]13C(=C2O)C(=O)[C@H]2[C@@H](O)[C@@H]1[C@@H]1[C@H](O)[C@H]3C(=O)C3=C(O)c4c(O)cc(O)cc4C(=O)[C@]312. The summed E-state index contributed by atoms with van der Waals surface area (Å²) in [5.41, 5.74) is -6.81. The van der Waals surface area contributed by atoms with Gasteiger partial charge in [0.2, 0.25) is 0 Å². The minimum Gasteiger partial charge on any atom is -0.508 e. The molecule has 0 amide bonds. The molecular formula is C29H20O11. The highest BCUT2D eigenvalue weighted by Crippen LogP contribution is 2.80. The first-order chi connectivity index (χ1) is 18.8. The largest absolute Gasteiger partial charge is 0.508 e. The molecule has 2 aromatic carbocycles. The number of carbonyl (C=O) groups is 4. The normalized spacial score (nSPS) is 38.1. The van der Waals surface area contributed by atoms with E-state index in [9.17, 15) is 54.9 Å². The van der Waals surface area contributed by atoms with Crippen LogP contribution < -0.4 is 0 Å². The Labute approximate surface area is 223 Å². The van der Waals surface area contributed by atoms with Crippen molar-refractivity contribution in [2.45, 2.75) is 19.1 Å². The third-order valence-electron chi connectivity index (χ3n) is 10.3. The van der Waals surface area contributed by atoms with Gasteiger partial charge < -0.3 is 35.7 Å². The van der Waals surface area contributed by atoms with Gasteiger partial charge >= 0.3 is 0 Å². The summed E-state index contributed by atoms with van der Waals surface area (Å²) in [4.78, 5) is 57.6. The van der Waals surface area contributed by atoms with E-state index < -0.39 is 121 Å². The van der Waals surface area contributed by atoms with Crippen LogP contribution in [-0.4, -0.2) is 71.1 Å². The van der Waals surface area contributed by atoms with E-state index in [1.54, 1.807) is 6.92 Å². The number of hydrogen-bond acceptors (Lipinski definition) is 11. The number of phenolic OH excluding ortho intramolecular Hbond substituents is 3. The van der Waals surface area contributed by atoms with Gasteiger partial charge in [0, 0.05) is 29.0 Å². The van der Waals surface area contributed by atoms with Crippen LogP contribution in [0, 0.1) is 41.4 Å². The van der Waals surface area contributed by atoms with E-state index in [0.29, 0.717) is 5.56 Å². The molecule has 2 spiro atoms. The third-order valence-corrected chi connectivity index (χ3v) is 10.3. The summed E-state index contributed by atoms with van der Waals surface area (Å²) in [5.74, 6) is -13.8. The van der Waals surface area contributed by atoms with Crippen molar-refractivity contribution in [3.05, 3.63) is 63.2 Å². The first-order valence-electron chi connectivity index (χ1n) is 12.7. The molecule has 0 saturated heterocycles. The zero-order valence-electron chi connectivity index (χ0n) is 20.5. The highest BCUT2D eigenvalue weighted by molar-refractivity contribution is 6.30. The lowest BCUT2D eigenvalue weighted by Gasteiger charge is -2.53. The maximum Gasteiger partial charge on any atom is 0.175 e. The van der Waals surface area contributed by atoms with Gasteiger partial charge in [-0.1, -0.05) is 0 Å². The average Bonchev–Trinajstić information content (AvgIpc) is 3.22. The van der Waals surface area contributed by atoms with Crippen LogP contribution in [0.4, 0.5) is 0 Å². The number of aromatic hydroxyl groups is 3. The smallest absolute Gasteiger partial charge is 0.175 e. The van der Waals surface area contributed by atoms with E-state index in [1.165, 1.54) is 12.1 Å². The number of hydrogen-bond donors (Lipinski definition) is 7. The van der Waals surface area contributed by atoms with Crippen LogP contribution in [0.5, 0.6) is 17.2 Å². The quantitative estimate of drug-likeness (QED) is 0.250. The number of aliphatic hydroxyl groups is 4. The summed E-state index contributed by atoms with van der Waals surface area (Å²) in [6, 6.07) is 4.43. The molecule has 8 atom stereocenters. The molecule has 0 radical (unpaired) electrons. The molecule has 0 heterocycles. The maximum absolute atomic E-state index is 14.5. The molecule has 8 rings (SSSR count). The molecule has 0 aromatic heterocycles. The van der Waals surface area contributed by atoms with Gasteiger partial charge in [-0.05, 0) is 30.7 Å². The second-order valence-electron chi connectivity index (χ2n) is 11.7.